The van der Waals surface area contributed by atoms with E-state index >= 15 is 0 Å². The molecule has 90 valence electrons. The van der Waals surface area contributed by atoms with Crippen LogP contribution in [-0.2, 0) is 6.54 Å². The lowest BCUT2D eigenvalue weighted by atomic mass is 10.3. The topological polar surface area (TPSA) is 42.5 Å². The van der Waals surface area contributed by atoms with Gasteiger partial charge in [-0.25, -0.2) is 4.98 Å². The second-order valence-electron chi connectivity index (χ2n) is 3.67. The number of aromatic nitrogens is 3. The van der Waals surface area contributed by atoms with Crippen LogP contribution in [0.1, 0.15) is 11.3 Å². The van der Waals surface area contributed by atoms with Crippen molar-refractivity contribution in [2.24, 2.45) is 4.99 Å². The van der Waals surface area contributed by atoms with Gasteiger partial charge in [-0.3, -0.25) is 14.4 Å². The van der Waals surface area contributed by atoms with E-state index in [1.54, 1.807) is 29.9 Å². The highest BCUT2D eigenvalue weighted by molar-refractivity contribution is 7.15. The van der Waals surface area contributed by atoms with Crippen LogP contribution in [0.2, 0.25) is 5.15 Å². The van der Waals surface area contributed by atoms with E-state index in [0.29, 0.717) is 11.7 Å². The maximum atomic E-state index is 6.06. The predicted molar refractivity (Wildman–Crippen MR) is 73.6 cm³/mol. The Hall–Kier alpha value is -1.72. The van der Waals surface area contributed by atoms with Gasteiger partial charge < -0.3 is 0 Å². The number of nitrogens with zero attached hydrogens (tertiary/aromatic N) is 4. The Kier molecular flexibility index (Phi) is 3.08. The number of halogens is 1. The number of pyridine rings is 1. The first-order valence-electron chi connectivity index (χ1n) is 5.34. The molecule has 3 aromatic heterocycles. The molecule has 4 nitrogen and oxygen atoms in total. The summed E-state index contributed by atoms with van der Waals surface area (Å²) in [7, 11) is 0. The Morgan fingerprint density at radius 1 is 1.50 bits per heavy atom. The van der Waals surface area contributed by atoms with Crippen LogP contribution in [0, 0.1) is 0 Å². The average Bonchev–Trinajstić information content (AvgIpc) is 2.93. The van der Waals surface area contributed by atoms with Crippen LogP contribution in [0.25, 0.3) is 4.96 Å². The Morgan fingerprint density at radius 2 is 2.44 bits per heavy atom. The fourth-order valence-corrected chi connectivity index (χ4v) is 2.61. The molecule has 0 saturated heterocycles. The first-order valence-corrected chi connectivity index (χ1v) is 6.60. The number of aliphatic imine (C=N–C) groups is 1. The lowest BCUT2D eigenvalue weighted by molar-refractivity contribution is 1.05. The van der Waals surface area contributed by atoms with E-state index in [4.69, 9.17) is 11.6 Å². The van der Waals surface area contributed by atoms with Crippen molar-refractivity contribution in [2.75, 3.05) is 0 Å². The highest BCUT2D eigenvalue weighted by Gasteiger charge is 2.08. The van der Waals surface area contributed by atoms with E-state index in [-0.39, 0.29) is 0 Å². The Labute approximate surface area is 113 Å². The third-order valence-electron chi connectivity index (χ3n) is 2.46. The Bertz CT molecular complexity index is 686. The van der Waals surface area contributed by atoms with Gasteiger partial charge in [-0.2, -0.15) is 0 Å². The molecule has 0 amide bonds. The van der Waals surface area contributed by atoms with Crippen molar-refractivity contribution >= 4 is 34.1 Å². The SMILES string of the molecule is Clc1nc2sccn2c1C=NCc1cccnc1. The van der Waals surface area contributed by atoms with Gasteiger partial charge in [-0.15, -0.1) is 11.3 Å². The molecular weight excluding hydrogens is 268 g/mol. The van der Waals surface area contributed by atoms with E-state index in [1.807, 2.05) is 28.1 Å². The van der Waals surface area contributed by atoms with Gasteiger partial charge in [0.15, 0.2) is 10.1 Å². The lowest BCUT2D eigenvalue weighted by Crippen LogP contribution is -1.90. The van der Waals surface area contributed by atoms with Gasteiger partial charge in [0.25, 0.3) is 0 Å². The van der Waals surface area contributed by atoms with Crippen molar-refractivity contribution < 1.29 is 0 Å². The molecule has 0 spiro atoms. The Morgan fingerprint density at radius 3 is 3.28 bits per heavy atom. The van der Waals surface area contributed by atoms with Crippen LogP contribution < -0.4 is 0 Å². The van der Waals surface area contributed by atoms with Crippen molar-refractivity contribution in [3.8, 4) is 0 Å². The van der Waals surface area contributed by atoms with Gasteiger partial charge in [-0.1, -0.05) is 17.7 Å². The molecule has 0 fully saturated rings. The third-order valence-corrected chi connectivity index (χ3v) is 3.50. The molecular formula is C12H9ClN4S. The van der Waals surface area contributed by atoms with Crippen molar-refractivity contribution in [1.82, 2.24) is 14.4 Å². The third kappa shape index (κ3) is 2.14. The molecule has 0 radical (unpaired) electrons. The summed E-state index contributed by atoms with van der Waals surface area (Å²) in [6.07, 6.45) is 7.23. The fraction of sp³-hybridized carbons (Fsp3) is 0.0833. The van der Waals surface area contributed by atoms with E-state index in [1.165, 1.54) is 0 Å². The van der Waals surface area contributed by atoms with Gasteiger partial charge in [0.2, 0.25) is 0 Å². The van der Waals surface area contributed by atoms with Crippen LogP contribution in [-0.4, -0.2) is 20.6 Å². The van der Waals surface area contributed by atoms with Crippen LogP contribution in [0.5, 0.6) is 0 Å². The molecule has 0 atom stereocenters. The summed E-state index contributed by atoms with van der Waals surface area (Å²) in [5.74, 6) is 0. The van der Waals surface area contributed by atoms with Crippen LogP contribution in [0.4, 0.5) is 0 Å². The average molecular weight is 277 g/mol. The summed E-state index contributed by atoms with van der Waals surface area (Å²) in [5.41, 5.74) is 1.88. The molecule has 0 N–H and O–H groups in total. The highest BCUT2D eigenvalue weighted by Crippen LogP contribution is 2.19. The van der Waals surface area contributed by atoms with E-state index in [2.05, 4.69) is 15.0 Å². The maximum Gasteiger partial charge on any atom is 0.195 e. The van der Waals surface area contributed by atoms with Gasteiger partial charge in [0.1, 0.15) is 5.69 Å². The Balaban J connectivity index is 1.84. The number of rotatable bonds is 3. The molecule has 0 aromatic carbocycles. The lowest BCUT2D eigenvalue weighted by Gasteiger charge is -1.94. The fourth-order valence-electron chi connectivity index (χ4n) is 1.62. The van der Waals surface area contributed by atoms with Crippen molar-refractivity contribution in [1.29, 1.82) is 0 Å². The standard InChI is InChI=1S/C12H9ClN4S/c13-11-10(17-4-5-18-12(17)16-11)8-15-7-9-2-1-3-14-6-9/h1-6,8H,7H2. The second kappa shape index (κ2) is 4.88. The molecule has 0 aliphatic rings. The second-order valence-corrected chi connectivity index (χ2v) is 4.91. The van der Waals surface area contributed by atoms with E-state index < -0.39 is 0 Å². The van der Waals surface area contributed by atoms with Crippen molar-refractivity contribution in [2.45, 2.75) is 6.54 Å². The number of fused-ring (bicyclic) bond motifs is 1. The van der Waals surface area contributed by atoms with Gasteiger partial charge >= 0.3 is 0 Å². The smallest absolute Gasteiger partial charge is 0.195 e. The molecule has 0 aliphatic heterocycles. The molecule has 3 heterocycles. The predicted octanol–water partition coefficient (Wildman–Crippen LogP) is 3.06. The minimum absolute atomic E-state index is 0.483. The molecule has 0 bridgehead atoms. The van der Waals surface area contributed by atoms with Crippen LogP contribution in [0.3, 0.4) is 0 Å². The van der Waals surface area contributed by atoms with Crippen LogP contribution in [0.15, 0.2) is 41.1 Å². The molecule has 0 aliphatic carbocycles. The van der Waals surface area contributed by atoms with Crippen molar-refractivity contribution in [3.63, 3.8) is 0 Å². The maximum absolute atomic E-state index is 6.06. The summed E-state index contributed by atoms with van der Waals surface area (Å²) >= 11 is 7.61. The largest absolute Gasteiger partial charge is 0.288 e. The molecule has 3 rings (SSSR count). The summed E-state index contributed by atoms with van der Waals surface area (Å²) in [4.78, 5) is 13.5. The van der Waals surface area contributed by atoms with Gasteiger partial charge in [0.05, 0.1) is 6.54 Å². The quantitative estimate of drug-likeness (QED) is 0.690. The molecule has 3 aromatic rings. The number of hydrogen-bond donors (Lipinski definition) is 0. The first-order chi connectivity index (χ1) is 8.84. The number of imidazole rings is 1. The zero-order valence-electron chi connectivity index (χ0n) is 9.32. The van der Waals surface area contributed by atoms with E-state index in [9.17, 15) is 0 Å². The molecule has 0 saturated carbocycles. The minimum Gasteiger partial charge on any atom is -0.288 e. The minimum atomic E-state index is 0.483. The zero-order chi connectivity index (χ0) is 12.4. The summed E-state index contributed by atoms with van der Waals surface area (Å²) in [6.45, 7) is 0.585. The van der Waals surface area contributed by atoms with Crippen LogP contribution >= 0.6 is 22.9 Å². The molecule has 18 heavy (non-hydrogen) atoms. The summed E-state index contributed by atoms with van der Waals surface area (Å²) in [6, 6.07) is 3.89. The molecule has 6 heteroatoms. The normalized spacial score (nSPS) is 11.6. The zero-order valence-corrected chi connectivity index (χ0v) is 10.9. The first kappa shape index (κ1) is 11.4. The summed E-state index contributed by atoms with van der Waals surface area (Å²) < 4.78 is 1.93. The highest BCUT2D eigenvalue weighted by atomic mass is 35.5. The number of thiazole rings is 1. The van der Waals surface area contributed by atoms with Gasteiger partial charge in [-0.05, 0) is 11.6 Å². The summed E-state index contributed by atoms with van der Waals surface area (Å²) in [5, 5.41) is 2.45. The number of hydrogen-bond acceptors (Lipinski definition) is 4. The van der Waals surface area contributed by atoms with E-state index in [0.717, 1.165) is 16.2 Å². The monoisotopic (exact) mass is 276 g/mol. The molecule has 0 unspecified atom stereocenters. The van der Waals surface area contributed by atoms with Gasteiger partial charge in [0, 0.05) is 30.2 Å². The van der Waals surface area contributed by atoms with Crippen molar-refractivity contribution in [3.05, 3.63) is 52.5 Å².